The van der Waals surface area contributed by atoms with E-state index < -0.39 is 29.9 Å². The van der Waals surface area contributed by atoms with Crippen molar-refractivity contribution < 1.29 is 19.1 Å². The Hall–Kier alpha value is -2.94. The van der Waals surface area contributed by atoms with E-state index in [0.717, 1.165) is 10.6 Å². The Kier molecular flexibility index (Phi) is 5.36. The molecule has 1 aromatic carbocycles. The Bertz CT molecular complexity index is 965. The number of rotatable bonds is 5. The molecule has 0 radical (unpaired) electrons. The normalized spacial score (nSPS) is 19.3. The lowest BCUT2D eigenvalue weighted by molar-refractivity contribution is -0.133. The summed E-state index contributed by atoms with van der Waals surface area (Å²) < 4.78 is 5.32. The lowest BCUT2D eigenvalue weighted by Crippen LogP contribution is -2.42. The molecule has 1 aromatic heterocycles. The average Bonchev–Trinajstić information content (AvgIpc) is 3.21. The number of hydrogen-bond donors (Lipinski definition) is 2. The summed E-state index contributed by atoms with van der Waals surface area (Å²) in [6.45, 7) is 7.28. The minimum Gasteiger partial charge on any atom is -0.496 e. The number of thiazole rings is 1. The molecule has 1 aliphatic rings. The smallest absolute Gasteiger partial charge is 0.325 e. The van der Waals surface area contributed by atoms with E-state index in [1.165, 1.54) is 18.4 Å². The third-order valence-corrected chi connectivity index (χ3v) is 5.50. The van der Waals surface area contributed by atoms with Crippen LogP contribution in [0, 0.1) is 0 Å². The van der Waals surface area contributed by atoms with Gasteiger partial charge in [-0.2, -0.15) is 0 Å². The number of methoxy groups -OCH3 is 1. The number of carbonyl (C=O) groups excluding carboxylic acids is 3. The van der Waals surface area contributed by atoms with Crippen LogP contribution in [-0.2, 0) is 20.5 Å². The number of amides is 4. The van der Waals surface area contributed by atoms with Crippen molar-refractivity contribution in [1.29, 1.82) is 0 Å². The maximum absolute atomic E-state index is 13.0. The van der Waals surface area contributed by atoms with Gasteiger partial charge in [-0.1, -0.05) is 39.0 Å². The molecule has 2 aromatic rings. The summed E-state index contributed by atoms with van der Waals surface area (Å²) in [6.07, 6.45) is 0. The van der Waals surface area contributed by atoms with E-state index in [1.54, 1.807) is 31.2 Å². The highest BCUT2D eigenvalue weighted by Crippen LogP contribution is 2.34. The van der Waals surface area contributed by atoms with Gasteiger partial charge in [-0.25, -0.2) is 9.78 Å². The van der Waals surface area contributed by atoms with Crippen molar-refractivity contribution >= 4 is 34.3 Å². The Morgan fingerprint density at radius 1 is 1.31 bits per heavy atom. The summed E-state index contributed by atoms with van der Waals surface area (Å²) in [7, 11) is 1.49. The first kappa shape index (κ1) is 20.8. The van der Waals surface area contributed by atoms with Crippen LogP contribution in [0.2, 0.25) is 0 Å². The number of nitrogens with zero attached hydrogens (tertiary/aromatic N) is 2. The van der Waals surface area contributed by atoms with Crippen LogP contribution in [0.25, 0.3) is 0 Å². The van der Waals surface area contributed by atoms with Crippen molar-refractivity contribution in [3.8, 4) is 5.75 Å². The van der Waals surface area contributed by atoms with Crippen molar-refractivity contribution in [1.82, 2.24) is 15.2 Å². The number of hydrogen-bond acceptors (Lipinski definition) is 6. The second-order valence-electron chi connectivity index (χ2n) is 7.98. The number of anilines is 1. The third-order valence-electron chi connectivity index (χ3n) is 4.74. The number of para-hydroxylation sites is 1. The van der Waals surface area contributed by atoms with Gasteiger partial charge < -0.3 is 15.4 Å². The highest BCUT2D eigenvalue weighted by Gasteiger charge is 2.50. The van der Waals surface area contributed by atoms with Crippen LogP contribution in [0.3, 0.4) is 0 Å². The Labute approximate surface area is 173 Å². The van der Waals surface area contributed by atoms with Crippen molar-refractivity contribution in [3.63, 3.8) is 0 Å². The van der Waals surface area contributed by atoms with Crippen LogP contribution in [0.4, 0.5) is 9.93 Å². The lowest BCUT2D eigenvalue weighted by Gasteiger charge is -2.24. The number of carbonyl (C=O) groups is 3. The van der Waals surface area contributed by atoms with Gasteiger partial charge in [0, 0.05) is 16.4 Å². The van der Waals surface area contributed by atoms with Gasteiger partial charge in [0.1, 0.15) is 17.8 Å². The molecule has 2 N–H and O–H groups in total. The molecule has 4 amide bonds. The SMILES string of the molecule is COc1ccccc1C1(C)NC(=O)N(CC(=O)Nc2nc(C(C)(C)C)cs2)C1=O. The van der Waals surface area contributed by atoms with E-state index in [0.29, 0.717) is 16.4 Å². The minimum atomic E-state index is -1.31. The van der Waals surface area contributed by atoms with Crippen molar-refractivity contribution in [3.05, 3.63) is 40.9 Å². The first-order valence-electron chi connectivity index (χ1n) is 9.09. The van der Waals surface area contributed by atoms with Gasteiger partial charge in [0.2, 0.25) is 5.91 Å². The Morgan fingerprint density at radius 3 is 2.62 bits per heavy atom. The summed E-state index contributed by atoms with van der Waals surface area (Å²) in [6, 6.07) is 6.33. The number of urea groups is 1. The van der Waals surface area contributed by atoms with E-state index in [-0.39, 0.29) is 5.41 Å². The van der Waals surface area contributed by atoms with Crippen LogP contribution in [0.15, 0.2) is 29.6 Å². The molecule has 29 heavy (non-hydrogen) atoms. The predicted octanol–water partition coefficient (Wildman–Crippen LogP) is 2.85. The highest BCUT2D eigenvalue weighted by molar-refractivity contribution is 7.13. The van der Waals surface area contributed by atoms with Gasteiger partial charge in [-0.15, -0.1) is 11.3 Å². The molecule has 154 valence electrons. The van der Waals surface area contributed by atoms with E-state index in [9.17, 15) is 14.4 Å². The fourth-order valence-electron chi connectivity index (χ4n) is 3.06. The van der Waals surface area contributed by atoms with Crippen LogP contribution in [-0.4, -0.2) is 41.4 Å². The molecular weight excluding hydrogens is 392 g/mol. The molecule has 0 spiro atoms. The van der Waals surface area contributed by atoms with E-state index in [4.69, 9.17) is 4.74 Å². The van der Waals surface area contributed by atoms with Gasteiger partial charge in [-0.05, 0) is 13.0 Å². The van der Waals surface area contributed by atoms with Crippen molar-refractivity contribution in [2.45, 2.75) is 38.6 Å². The third kappa shape index (κ3) is 3.95. The van der Waals surface area contributed by atoms with Gasteiger partial charge in [0.05, 0.1) is 12.8 Å². The second-order valence-corrected chi connectivity index (χ2v) is 8.84. The second kappa shape index (κ2) is 7.47. The number of ether oxygens (including phenoxy) is 1. The monoisotopic (exact) mass is 416 g/mol. The van der Waals surface area contributed by atoms with Crippen LogP contribution >= 0.6 is 11.3 Å². The molecule has 1 fully saturated rings. The number of benzene rings is 1. The molecule has 1 atom stereocenters. The standard InChI is InChI=1S/C20H24N4O4S/c1-19(2,3)14-11-29-17(21-14)22-15(25)10-24-16(26)20(4,23-18(24)27)12-8-6-7-9-13(12)28-5/h6-9,11H,10H2,1-5H3,(H,23,27)(H,21,22,25). The summed E-state index contributed by atoms with van der Waals surface area (Å²) in [4.78, 5) is 43.2. The minimum absolute atomic E-state index is 0.138. The molecule has 1 saturated heterocycles. The van der Waals surface area contributed by atoms with Crippen LogP contribution in [0.1, 0.15) is 39.0 Å². The number of nitrogens with one attached hydrogen (secondary N) is 2. The highest BCUT2D eigenvalue weighted by atomic mass is 32.1. The Morgan fingerprint density at radius 2 is 2.00 bits per heavy atom. The van der Waals surface area contributed by atoms with Gasteiger partial charge in [-0.3, -0.25) is 14.5 Å². The molecule has 1 unspecified atom stereocenters. The molecule has 0 bridgehead atoms. The largest absolute Gasteiger partial charge is 0.496 e. The van der Waals surface area contributed by atoms with E-state index in [1.807, 2.05) is 26.2 Å². The Balaban J connectivity index is 1.75. The lowest BCUT2D eigenvalue weighted by atomic mass is 9.91. The zero-order chi connectivity index (χ0) is 21.4. The van der Waals surface area contributed by atoms with E-state index in [2.05, 4.69) is 15.6 Å². The molecule has 8 nitrogen and oxygen atoms in total. The molecular formula is C20H24N4O4S. The molecule has 9 heteroatoms. The summed E-state index contributed by atoms with van der Waals surface area (Å²) in [5, 5.41) is 7.65. The van der Waals surface area contributed by atoms with Gasteiger partial charge >= 0.3 is 6.03 Å². The quantitative estimate of drug-likeness (QED) is 0.730. The molecule has 2 heterocycles. The van der Waals surface area contributed by atoms with Gasteiger partial charge in [0.25, 0.3) is 5.91 Å². The van der Waals surface area contributed by atoms with Crippen LogP contribution in [0.5, 0.6) is 5.75 Å². The summed E-state index contributed by atoms with van der Waals surface area (Å²) >= 11 is 1.30. The van der Waals surface area contributed by atoms with Crippen LogP contribution < -0.4 is 15.4 Å². The average molecular weight is 417 g/mol. The molecule has 0 saturated carbocycles. The zero-order valence-corrected chi connectivity index (χ0v) is 17.8. The molecule has 1 aliphatic heterocycles. The number of imide groups is 1. The first-order valence-corrected chi connectivity index (χ1v) is 9.97. The molecule has 0 aliphatic carbocycles. The number of aromatic nitrogens is 1. The first-order chi connectivity index (χ1) is 13.6. The fourth-order valence-corrected chi connectivity index (χ4v) is 4.01. The van der Waals surface area contributed by atoms with E-state index >= 15 is 0 Å². The predicted molar refractivity (Wildman–Crippen MR) is 110 cm³/mol. The summed E-state index contributed by atoms with van der Waals surface area (Å²) in [5.74, 6) is -0.531. The fraction of sp³-hybridized carbons (Fsp3) is 0.400. The maximum atomic E-state index is 13.0. The topological polar surface area (TPSA) is 101 Å². The summed E-state index contributed by atoms with van der Waals surface area (Å²) in [5.41, 5.74) is -0.0687. The van der Waals surface area contributed by atoms with Crippen molar-refractivity contribution in [2.24, 2.45) is 0 Å². The van der Waals surface area contributed by atoms with Gasteiger partial charge in [0.15, 0.2) is 5.13 Å². The van der Waals surface area contributed by atoms with Crippen molar-refractivity contribution in [2.75, 3.05) is 19.0 Å². The maximum Gasteiger partial charge on any atom is 0.325 e. The zero-order valence-electron chi connectivity index (χ0n) is 17.0. The molecule has 3 rings (SSSR count).